The molecule has 0 spiro atoms. The van der Waals surface area contributed by atoms with Crippen molar-refractivity contribution in [1.82, 2.24) is 14.9 Å². The molecule has 0 unspecified atom stereocenters. The first-order valence-corrected chi connectivity index (χ1v) is 7.78. The zero-order valence-corrected chi connectivity index (χ0v) is 13.2. The van der Waals surface area contributed by atoms with Gasteiger partial charge in [-0.2, -0.15) is 0 Å². The van der Waals surface area contributed by atoms with Gasteiger partial charge in [-0.05, 0) is 30.7 Å². The Balaban J connectivity index is 2.05. The minimum Gasteiger partial charge on any atom is -0.378 e. The Morgan fingerprint density at radius 1 is 1.24 bits per heavy atom. The van der Waals surface area contributed by atoms with Gasteiger partial charge in [-0.3, -0.25) is 0 Å². The standard InChI is InChI=1S/C17H24N4/c1-4-5-17-19-15-12-18-11-10-16(15)21(17)14-8-6-13(7-9-14)20(2)3/h6-9,18H,4-5,10-12H2,1-3H3. The highest BCUT2D eigenvalue weighted by atomic mass is 15.1. The van der Waals surface area contributed by atoms with Gasteiger partial charge in [-0.15, -0.1) is 0 Å². The Hall–Kier alpha value is -1.81. The fourth-order valence-electron chi connectivity index (χ4n) is 2.96. The van der Waals surface area contributed by atoms with Crippen molar-refractivity contribution >= 4 is 5.69 Å². The van der Waals surface area contributed by atoms with Crippen molar-refractivity contribution in [2.75, 3.05) is 25.5 Å². The molecule has 0 aliphatic carbocycles. The molecule has 2 heterocycles. The van der Waals surface area contributed by atoms with E-state index in [1.807, 2.05) is 0 Å². The Morgan fingerprint density at radius 3 is 2.67 bits per heavy atom. The largest absolute Gasteiger partial charge is 0.378 e. The van der Waals surface area contributed by atoms with Crippen LogP contribution in [0.15, 0.2) is 24.3 Å². The van der Waals surface area contributed by atoms with E-state index in [1.54, 1.807) is 0 Å². The Kier molecular flexibility index (Phi) is 3.97. The second-order valence-electron chi connectivity index (χ2n) is 5.84. The smallest absolute Gasteiger partial charge is 0.113 e. The lowest BCUT2D eigenvalue weighted by molar-refractivity contribution is 0.619. The lowest BCUT2D eigenvalue weighted by atomic mass is 10.1. The van der Waals surface area contributed by atoms with Crippen LogP contribution < -0.4 is 10.2 Å². The molecule has 0 saturated heterocycles. The minimum absolute atomic E-state index is 0.898. The zero-order valence-electron chi connectivity index (χ0n) is 13.2. The molecule has 0 radical (unpaired) electrons. The minimum atomic E-state index is 0.898. The molecule has 21 heavy (non-hydrogen) atoms. The summed E-state index contributed by atoms with van der Waals surface area (Å²) in [4.78, 5) is 6.99. The highest BCUT2D eigenvalue weighted by molar-refractivity contribution is 5.51. The van der Waals surface area contributed by atoms with Crippen molar-refractivity contribution < 1.29 is 0 Å². The summed E-state index contributed by atoms with van der Waals surface area (Å²) in [6.45, 7) is 4.15. The maximum absolute atomic E-state index is 4.86. The molecule has 1 aliphatic heterocycles. The third kappa shape index (κ3) is 2.68. The SMILES string of the molecule is CCCc1nc2c(n1-c1ccc(N(C)C)cc1)CCNC2. The van der Waals surface area contributed by atoms with Crippen LogP contribution in [-0.4, -0.2) is 30.2 Å². The molecular weight excluding hydrogens is 260 g/mol. The number of rotatable bonds is 4. The number of nitrogens with one attached hydrogen (secondary N) is 1. The van der Waals surface area contributed by atoms with Crippen LogP contribution in [-0.2, 0) is 19.4 Å². The summed E-state index contributed by atoms with van der Waals surface area (Å²) in [7, 11) is 4.14. The summed E-state index contributed by atoms with van der Waals surface area (Å²) >= 11 is 0. The number of fused-ring (bicyclic) bond motifs is 1. The van der Waals surface area contributed by atoms with Crippen LogP contribution >= 0.6 is 0 Å². The summed E-state index contributed by atoms with van der Waals surface area (Å²) in [6.07, 6.45) is 3.21. The Morgan fingerprint density at radius 2 is 2.00 bits per heavy atom. The number of aromatic nitrogens is 2. The molecule has 2 aromatic rings. The predicted molar refractivity (Wildman–Crippen MR) is 87.3 cm³/mol. The third-order valence-electron chi connectivity index (χ3n) is 4.05. The topological polar surface area (TPSA) is 33.1 Å². The summed E-state index contributed by atoms with van der Waals surface area (Å²) in [6, 6.07) is 8.77. The molecule has 1 aromatic heterocycles. The van der Waals surface area contributed by atoms with Crippen LogP contribution in [0, 0.1) is 0 Å². The Labute approximate surface area is 126 Å². The highest BCUT2D eigenvalue weighted by Gasteiger charge is 2.20. The van der Waals surface area contributed by atoms with Crippen molar-refractivity contribution in [2.45, 2.75) is 32.7 Å². The van der Waals surface area contributed by atoms with Crippen LogP contribution in [0.2, 0.25) is 0 Å². The van der Waals surface area contributed by atoms with E-state index in [0.717, 1.165) is 32.4 Å². The molecule has 0 amide bonds. The number of hydrogen-bond donors (Lipinski definition) is 1. The summed E-state index contributed by atoms with van der Waals surface area (Å²) in [5.74, 6) is 1.20. The lowest BCUT2D eigenvalue weighted by Crippen LogP contribution is -2.24. The molecule has 1 aliphatic rings. The van der Waals surface area contributed by atoms with Crippen molar-refractivity contribution in [3.63, 3.8) is 0 Å². The van der Waals surface area contributed by atoms with Crippen molar-refractivity contribution in [3.05, 3.63) is 41.5 Å². The normalized spacial score (nSPS) is 14.0. The summed E-state index contributed by atoms with van der Waals surface area (Å²) < 4.78 is 2.37. The summed E-state index contributed by atoms with van der Waals surface area (Å²) in [5.41, 5.74) is 5.07. The van der Waals surface area contributed by atoms with E-state index in [4.69, 9.17) is 4.98 Å². The second-order valence-corrected chi connectivity index (χ2v) is 5.84. The van der Waals surface area contributed by atoms with E-state index in [9.17, 15) is 0 Å². The van der Waals surface area contributed by atoms with Crippen LogP contribution in [0.5, 0.6) is 0 Å². The molecule has 0 saturated carbocycles. The molecule has 4 heteroatoms. The van der Waals surface area contributed by atoms with Crippen molar-refractivity contribution in [3.8, 4) is 5.69 Å². The van der Waals surface area contributed by atoms with E-state index < -0.39 is 0 Å². The quantitative estimate of drug-likeness (QED) is 0.936. The number of nitrogens with zero attached hydrogens (tertiary/aromatic N) is 3. The number of imidazole rings is 1. The number of hydrogen-bond acceptors (Lipinski definition) is 3. The first-order chi connectivity index (χ1) is 10.2. The molecule has 1 N–H and O–H groups in total. The van der Waals surface area contributed by atoms with E-state index in [1.165, 1.54) is 28.6 Å². The fourth-order valence-corrected chi connectivity index (χ4v) is 2.96. The Bertz CT molecular complexity index is 610. The van der Waals surface area contributed by atoms with Crippen LogP contribution in [0.1, 0.15) is 30.6 Å². The van der Waals surface area contributed by atoms with Gasteiger partial charge in [-0.25, -0.2) is 4.98 Å². The van der Waals surface area contributed by atoms with E-state index in [2.05, 4.69) is 60.1 Å². The average Bonchev–Trinajstić information content (AvgIpc) is 2.85. The molecule has 4 nitrogen and oxygen atoms in total. The van der Waals surface area contributed by atoms with Crippen molar-refractivity contribution in [2.24, 2.45) is 0 Å². The summed E-state index contributed by atoms with van der Waals surface area (Å²) in [5, 5.41) is 3.42. The molecule has 3 rings (SSSR count). The van der Waals surface area contributed by atoms with Gasteiger partial charge in [0.15, 0.2) is 0 Å². The first-order valence-electron chi connectivity index (χ1n) is 7.78. The number of aryl methyl sites for hydroxylation is 1. The van der Waals surface area contributed by atoms with Gasteiger partial charge in [-0.1, -0.05) is 6.92 Å². The van der Waals surface area contributed by atoms with Gasteiger partial charge in [0.05, 0.1) is 5.69 Å². The van der Waals surface area contributed by atoms with E-state index >= 15 is 0 Å². The number of benzene rings is 1. The molecule has 0 fully saturated rings. The van der Waals surface area contributed by atoms with Crippen molar-refractivity contribution in [1.29, 1.82) is 0 Å². The second kappa shape index (κ2) is 5.90. The van der Waals surface area contributed by atoms with Gasteiger partial charge in [0.25, 0.3) is 0 Å². The fraction of sp³-hybridized carbons (Fsp3) is 0.471. The highest BCUT2D eigenvalue weighted by Crippen LogP contribution is 2.24. The third-order valence-corrected chi connectivity index (χ3v) is 4.05. The zero-order chi connectivity index (χ0) is 14.8. The molecular formula is C17H24N4. The van der Waals surface area contributed by atoms with E-state index in [0.29, 0.717) is 0 Å². The van der Waals surface area contributed by atoms with Gasteiger partial charge in [0.1, 0.15) is 5.82 Å². The van der Waals surface area contributed by atoms with Gasteiger partial charge >= 0.3 is 0 Å². The average molecular weight is 284 g/mol. The first kappa shape index (κ1) is 14.1. The maximum atomic E-state index is 4.86. The van der Waals surface area contributed by atoms with Crippen LogP contribution in [0.4, 0.5) is 5.69 Å². The maximum Gasteiger partial charge on any atom is 0.113 e. The lowest BCUT2D eigenvalue weighted by Gasteiger charge is -2.18. The van der Waals surface area contributed by atoms with Gasteiger partial charge < -0.3 is 14.8 Å². The molecule has 112 valence electrons. The molecule has 0 bridgehead atoms. The van der Waals surface area contributed by atoms with Gasteiger partial charge in [0.2, 0.25) is 0 Å². The van der Waals surface area contributed by atoms with Crippen LogP contribution in [0.25, 0.3) is 5.69 Å². The number of anilines is 1. The molecule has 0 atom stereocenters. The molecule has 1 aromatic carbocycles. The van der Waals surface area contributed by atoms with Gasteiger partial charge in [0, 0.05) is 57.1 Å². The predicted octanol–water partition coefficient (Wildman–Crippen LogP) is 2.54. The van der Waals surface area contributed by atoms with E-state index in [-0.39, 0.29) is 0 Å². The van der Waals surface area contributed by atoms with Crippen LogP contribution in [0.3, 0.4) is 0 Å². The monoisotopic (exact) mass is 284 g/mol.